The lowest BCUT2D eigenvalue weighted by molar-refractivity contribution is -0.137. The molecule has 0 aliphatic carbocycles. The standard InChI is InChI=1S/C23H19F5N4O3S/c24-15-4-6-17(7-5-15)36(34,35)32-9-1-2-21(32)22(33)29-12-16-11-20(31-13-30-16)18-8-3-14(10-19(18)25)23(26,27)28/h3-8,10-11,13,21H,1-2,9,12H2,(H,29,33)/t21-/m0/s1. The van der Waals surface area contributed by atoms with E-state index in [4.69, 9.17) is 0 Å². The molecule has 3 aromatic rings. The number of hydrogen-bond donors (Lipinski definition) is 1. The van der Waals surface area contributed by atoms with Gasteiger partial charge in [0, 0.05) is 12.1 Å². The Morgan fingerprint density at radius 1 is 1.06 bits per heavy atom. The molecule has 0 spiro atoms. The van der Waals surface area contributed by atoms with Crippen LogP contribution in [0.4, 0.5) is 22.0 Å². The van der Waals surface area contributed by atoms with Gasteiger partial charge in [-0.25, -0.2) is 27.2 Å². The largest absolute Gasteiger partial charge is 0.416 e. The summed E-state index contributed by atoms with van der Waals surface area (Å²) in [4.78, 5) is 20.5. The summed E-state index contributed by atoms with van der Waals surface area (Å²) >= 11 is 0. The number of aromatic nitrogens is 2. The molecule has 1 fully saturated rings. The van der Waals surface area contributed by atoms with Crippen LogP contribution in [-0.4, -0.2) is 41.2 Å². The lowest BCUT2D eigenvalue weighted by Gasteiger charge is -2.23. The maximum absolute atomic E-state index is 14.3. The SMILES string of the molecule is O=C(NCc1cc(-c2ccc(C(F)(F)F)cc2F)ncn1)[C@@H]1CCCN1S(=O)(=O)c1ccc(F)cc1. The third-order valence-electron chi connectivity index (χ3n) is 5.67. The van der Waals surface area contributed by atoms with Crippen LogP contribution >= 0.6 is 0 Å². The van der Waals surface area contributed by atoms with Gasteiger partial charge in [-0.3, -0.25) is 4.79 Å². The third-order valence-corrected chi connectivity index (χ3v) is 7.59. The molecule has 4 rings (SSSR count). The second kappa shape index (κ2) is 9.90. The van der Waals surface area contributed by atoms with Gasteiger partial charge in [0.05, 0.1) is 28.4 Å². The van der Waals surface area contributed by atoms with Gasteiger partial charge in [-0.05, 0) is 61.4 Å². The smallest absolute Gasteiger partial charge is 0.349 e. The molecule has 2 heterocycles. The van der Waals surface area contributed by atoms with Crippen molar-refractivity contribution in [2.24, 2.45) is 0 Å². The summed E-state index contributed by atoms with van der Waals surface area (Å²) in [5.41, 5.74) is -1.06. The molecule has 1 saturated heterocycles. The highest BCUT2D eigenvalue weighted by Crippen LogP contribution is 2.32. The van der Waals surface area contributed by atoms with Crippen molar-refractivity contribution < 1.29 is 35.2 Å². The minimum Gasteiger partial charge on any atom is -0.349 e. The van der Waals surface area contributed by atoms with E-state index in [1.807, 2.05) is 0 Å². The zero-order valence-corrected chi connectivity index (χ0v) is 19.3. The summed E-state index contributed by atoms with van der Waals surface area (Å²) in [6.45, 7) is -0.0415. The van der Waals surface area contributed by atoms with Gasteiger partial charge in [-0.15, -0.1) is 0 Å². The van der Waals surface area contributed by atoms with Crippen LogP contribution in [0.15, 0.2) is 59.8 Å². The van der Waals surface area contributed by atoms with Gasteiger partial charge in [-0.2, -0.15) is 17.5 Å². The van der Waals surface area contributed by atoms with Crippen molar-refractivity contribution in [2.45, 2.75) is 36.5 Å². The van der Waals surface area contributed by atoms with Gasteiger partial charge in [0.2, 0.25) is 15.9 Å². The van der Waals surface area contributed by atoms with Crippen LogP contribution in [0.2, 0.25) is 0 Å². The van der Waals surface area contributed by atoms with Crippen molar-refractivity contribution in [2.75, 3.05) is 6.54 Å². The molecular weight excluding hydrogens is 507 g/mol. The minimum atomic E-state index is -4.70. The predicted molar refractivity (Wildman–Crippen MR) is 118 cm³/mol. The van der Waals surface area contributed by atoms with E-state index in [0.717, 1.165) is 47.0 Å². The molecule has 2 aromatic carbocycles. The van der Waals surface area contributed by atoms with E-state index >= 15 is 0 Å². The second-order valence-electron chi connectivity index (χ2n) is 8.03. The highest BCUT2D eigenvalue weighted by molar-refractivity contribution is 7.89. The van der Waals surface area contributed by atoms with Crippen LogP contribution in [0, 0.1) is 11.6 Å². The van der Waals surface area contributed by atoms with E-state index in [0.29, 0.717) is 12.5 Å². The summed E-state index contributed by atoms with van der Waals surface area (Å²) in [6.07, 6.45) is -2.89. The molecule has 1 aromatic heterocycles. The molecule has 190 valence electrons. The zero-order valence-electron chi connectivity index (χ0n) is 18.5. The minimum absolute atomic E-state index is 0.0156. The summed E-state index contributed by atoms with van der Waals surface area (Å²) in [5.74, 6) is -2.30. The molecule has 13 heteroatoms. The van der Waals surface area contributed by atoms with Gasteiger partial charge in [0.25, 0.3) is 0 Å². The molecule has 1 amide bonds. The van der Waals surface area contributed by atoms with Crippen LogP contribution < -0.4 is 5.32 Å². The number of benzene rings is 2. The Kier molecular flexibility index (Phi) is 7.05. The predicted octanol–water partition coefficient (Wildman–Crippen LogP) is 3.91. The van der Waals surface area contributed by atoms with E-state index < -0.39 is 45.3 Å². The fourth-order valence-corrected chi connectivity index (χ4v) is 5.52. The fourth-order valence-electron chi connectivity index (χ4n) is 3.87. The molecule has 0 saturated carbocycles. The van der Waals surface area contributed by atoms with E-state index in [2.05, 4.69) is 15.3 Å². The number of sulfonamides is 1. The molecule has 7 nitrogen and oxygen atoms in total. The van der Waals surface area contributed by atoms with Crippen LogP contribution in [0.3, 0.4) is 0 Å². The third kappa shape index (κ3) is 5.36. The molecule has 0 bridgehead atoms. The number of halogens is 5. The first-order valence-corrected chi connectivity index (χ1v) is 12.1. The van der Waals surface area contributed by atoms with Crippen molar-refractivity contribution in [3.63, 3.8) is 0 Å². The normalized spacial score (nSPS) is 16.8. The number of carbonyl (C=O) groups is 1. The summed E-state index contributed by atoms with van der Waals surface area (Å²) in [6, 6.07) is 6.67. The van der Waals surface area contributed by atoms with E-state index in [9.17, 15) is 35.2 Å². The number of carbonyl (C=O) groups excluding carboxylic acids is 1. The fraction of sp³-hybridized carbons (Fsp3) is 0.261. The summed E-state index contributed by atoms with van der Waals surface area (Å²) < 4.78 is 92.9. The average Bonchev–Trinajstić information content (AvgIpc) is 3.33. The first kappa shape index (κ1) is 25.6. The summed E-state index contributed by atoms with van der Waals surface area (Å²) in [5, 5.41) is 2.59. The number of rotatable bonds is 6. The van der Waals surface area contributed by atoms with Gasteiger partial charge >= 0.3 is 6.18 Å². The van der Waals surface area contributed by atoms with Crippen LogP contribution in [0.5, 0.6) is 0 Å². The number of alkyl halides is 3. The number of nitrogens with one attached hydrogen (secondary N) is 1. The van der Waals surface area contributed by atoms with Gasteiger partial charge in [0.1, 0.15) is 24.0 Å². The Hall–Kier alpha value is -3.45. The average molecular weight is 526 g/mol. The van der Waals surface area contributed by atoms with Crippen molar-refractivity contribution in [3.8, 4) is 11.3 Å². The van der Waals surface area contributed by atoms with Gasteiger partial charge < -0.3 is 5.32 Å². The monoisotopic (exact) mass is 526 g/mol. The molecule has 1 aliphatic heterocycles. The number of nitrogens with zero attached hydrogens (tertiary/aromatic N) is 3. The molecule has 0 unspecified atom stereocenters. The highest BCUT2D eigenvalue weighted by Gasteiger charge is 2.39. The quantitative estimate of drug-likeness (QED) is 0.492. The maximum atomic E-state index is 14.3. The Balaban J connectivity index is 1.47. The topological polar surface area (TPSA) is 92.3 Å². The van der Waals surface area contributed by atoms with Crippen LogP contribution in [0.25, 0.3) is 11.3 Å². The Bertz CT molecular complexity index is 1380. The maximum Gasteiger partial charge on any atom is 0.416 e. The van der Waals surface area contributed by atoms with E-state index in [-0.39, 0.29) is 41.4 Å². The molecule has 0 radical (unpaired) electrons. The van der Waals surface area contributed by atoms with Crippen LogP contribution in [0.1, 0.15) is 24.1 Å². The summed E-state index contributed by atoms with van der Waals surface area (Å²) in [7, 11) is -4.04. The zero-order chi connectivity index (χ0) is 26.1. The van der Waals surface area contributed by atoms with Crippen molar-refractivity contribution >= 4 is 15.9 Å². The van der Waals surface area contributed by atoms with Gasteiger partial charge in [-0.1, -0.05) is 0 Å². The lowest BCUT2D eigenvalue weighted by atomic mass is 10.1. The Labute approximate surface area is 203 Å². The van der Waals surface area contributed by atoms with Crippen molar-refractivity contribution in [1.82, 2.24) is 19.6 Å². The van der Waals surface area contributed by atoms with Crippen LogP contribution in [-0.2, 0) is 27.5 Å². The molecular formula is C23H19F5N4O3S. The lowest BCUT2D eigenvalue weighted by Crippen LogP contribution is -2.45. The first-order chi connectivity index (χ1) is 17.0. The molecule has 1 aliphatic rings. The second-order valence-corrected chi connectivity index (χ2v) is 9.92. The Morgan fingerprint density at radius 3 is 2.44 bits per heavy atom. The van der Waals surface area contributed by atoms with Crippen molar-refractivity contribution in [3.05, 3.63) is 77.8 Å². The van der Waals surface area contributed by atoms with E-state index in [1.54, 1.807) is 0 Å². The molecule has 36 heavy (non-hydrogen) atoms. The number of hydrogen-bond acceptors (Lipinski definition) is 5. The molecule has 1 N–H and O–H groups in total. The highest BCUT2D eigenvalue weighted by atomic mass is 32.2. The van der Waals surface area contributed by atoms with E-state index in [1.165, 1.54) is 6.07 Å². The number of amides is 1. The molecule has 1 atom stereocenters. The first-order valence-electron chi connectivity index (χ1n) is 10.7. The Morgan fingerprint density at radius 2 is 1.78 bits per heavy atom. The van der Waals surface area contributed by atoms with Gasteiger partial charge in [0.15, 0.2) is 0 Å². The van der Waals surface area contributed by atoms with Crippen molar-refractivity contribution in [1.29, 1.82) is 0 Å².